The molecule has 3 rings (SSSR count). The van der Waals surface area contributed by atoms with Gasteiger partial charge in [0.05, 0.1) is 11.2 Å². The lowest BCUT2D eigenvalue weighted by Gasteiger charge is -2.42. The number of likely N-dealkylation sites (tertiary alicyclic amines) is 2. The number of β-amino-alcohol motifs (C(OH)–C–C–N with tert-alkyl or cyclic N) is 1. The number of alkyl halides is 3. The first-order chi connectivity index (χ1) is 16.6. The summed E-state index contributed by atoms with van der Waals surface area (Å²) < 4.78 is 57.6. The Kier molecular flexibility index (Phi) is 8.55. The zero-order valence-corrected chi connectivity index (χ0v) is 21.0. The average Bonchev–Trinajstić information content (AvgIpc) is 2.76. The average molecular weight is 518 g/mol. The van der Waals surface area contributed by atoms with E-state index in [2.05, 4.69) is 10.2 Å². The Morgan fingerprint density at radius 1 is 1.08 bits per heavy atom. The van der Waals surface area contributed by atoms with Gasteiger partial charge in [-0.3, -0.25) is 4.79 Å². The fraction of sp³-hybridized carbons (Fsp3) is 0.680. The minimum Gasteiger partial charge on any atom is -0.444 e. The number of rotatable bonds is 5. The molecule has 2 N–H and O–H groups in total. The van der Waals surface area contributed by atoms with E-state index < -0.39 is 34.7 Å². The highest BCUT2D eigenvalue weighted by Crippen LogP contribution is 2.31. The maximum Gasteiger partial charge on any atom is 0.416 e. The van der Waals surface area contributed by atoms with Crippen molar-refractivity contribution in [1.29, 1.82) is 0 Å². The summed E-state index contributed by atoms with van der Waals surface area (Å²) >= 11 is 0. The third kappa shape index (κ3) is 8.06. The van der Waals surface area contributed by atoms with Crippen molar-refractivity contribution in [3.63, 3.8) is 0 Å². The zero-order valence-electron chi connectivity index (χ0n) is 21.0. The summed E-state index contributed by atoms with van der Waals surface area (Å²) in [5, 5.41) is 13.7. The molecule has 0 radical (unpaired) electrons. The van der Waals surface area contributed by atoms with Gasteiger partial charge in [0.2, 0.25) is 0 Å². The summed E-state index contributed by atoms with van der Waals surface area (Å²) in [7, 11) is 0. The van der Waals surface area contributed by atoms with Gasteiger partial charge in [-0.1, -0.05) is 0 Å². The third-order valence-electron chi connectivity index (χ3n) is 6.61. The van der Waals surface area contributed by atoms with Crippen LogP contribution in [0.15, 0.2) is 18.2 Å². The lowest BCUT2D eigenvalue weighted by Crippen LogP contribution is -2.54. The Morgan fingerprint density at radius 2 is 1.69 bits per heavy atom. The molecule has 7 nitrogen and oxygen atoms in total. The van der Waals surface area contributed by atoms with Crippen LogP contribution in [-0.2, 0) is 10.9 Å². The molecule has 202 valence electrons. The van der Waals surface area contributed by atoms with Crippen LogP contribution in [0.5, 0.6) is 0 Å². The first kappa shape index (κ1) is 28.2. The molecule has 0 aromatic heterocycles. The molecule has 11 heteroatoms. The number of aliphatic hydroxyl groups is 1. The van der Waals surface area contributed by atoms with Gasteiger partial charge in [-0.2, -0.15) is 13.2 Å². The van der Waals surface area contributed by atoms with Crippen LogP contribution < -0.4 is 5.32 Å². The van der Waals surface area contributed by atoms with Gasteiger partial charge < -0.3 is 25.0 Å². The van der Waals surface area contributed by atoms with Crippen LogP contribution in [0.4, 0.5) is 22.4 Å². The Hall–Kier alpha value is -2.40. The minimum absolute atomic E-state index is 0.129. The van der Waals surface area contributed by atoms with Crippen molar-refractivity contribution in [2.45, 2.75) is 63.8 Å². The molecule has 36 heavy (non-hydrogen) atoms. The van der Waals surface area contributed by atoms with E-state index in [1.807, 2.05) is 20.8 Å². The van der Waals surface area contributed by atoms with Gasteiger partial charge in [0, 0.05) is 31.7 Å². The molecule has 0 bridgehead atoms. The van der Waals surface area contributed by atoms with Crippen molar-refractivity contribution in [3.05, 3.63) is 35.1 Å². The number of benzene rings is 1. The number of piperidine rings is 2. The number of nitrogens with one attached hydrogen (secondary N) is 1. The smallest absolute Gasteiger partial charge is 0.416 e. The van der Waals surface area contributed by atoms with Crippen molar-refractivity contribution < 1.29 is 37.0 Å². The first-order valence-electron chi connectivity index (χ1n) is 12.2. The summed E-state index contributed by atoms with van der Waals surface area (Å²) in [6.45, 7) is 8.45. The van der Waals surface area contributed by atoms with Crippen molar-refractivity contribution >= 4 is 12.0 Å². The van der Waals surface area contributed by atoms with Crippen LogP contribution in [0.25, 0.3) is 0 Å². The molecule has 2 amide bonds. The minimum atomic E-state index is -4.74. The number of hydrogen-bond donors (Lipinski definition) is 2. The summed E-state index contributed by atoms with van der Waals surface area (Å²) in [5.74, 6) is -1.73. The standard InChI is InChI=1S/C25H35F4N3O4/c1-23(2,3)36-22(34)32-10-6-24(35,7-11-32)16-31-8-4-17(5-9-31)15-30-21(33)18-12-19(25(27,28)29)14-20(26)13-18/h12-14,17,35H,4-11,15-16H2,1-3H3,(H,30,33). The summed E-state index contributed by atoms with van der Waals surface area (Å²) in [5.41, 5.74) is -3.03. The highest BCUT2D eigenvalue weighted by molar-refractivity contribution is 5.94. The SMILES string of the molecule is CC(C)(C)OC(=O)N1CCC(O)(CN2CCC(CNC(=O)c3cc(F)cc(C(F)(F)F)c3)CC2)CC1. The van der Waals surface area contributed by atoms with Gasteiger partial charge in [-0.15, -0.1) is 0 Å². The van der Waals surface area contributed by atoms with Crippen LogP contribution in [-0.4, -0.2) is 77.4 Å². The number of ether oxygens (including phenoxy) is 1. The molecule has 2 fully saturated rings. The van der Waals surface area contributed by atoms with Crippen LogP contribution in [0.3, 0.4) is 0 Å². The van der Waals surface area contributed by atoms with Gasteiger partial charge in [-0.05, 0) is 83.7 Å². The highest BCUT2D eigenvalue weighted by atomic mass is 19.4. The fourth-order valence-corrected chi connectivity index (χ4v) is 4.58. The predicted octanol–water partition coefficient (Wildman–Crippen LogP) is 4.05. The molecule has 1 aromatic carbocycles. The molecule has 0 spiro atoms. The molecular weight excluding hydrogens is 482 g/mol. The molecule has 2 aliphatic heterocycles. The van der Waals surface area contributed by atoms with Crippen molar-refractivity contribution in [1.82, 2.24) is 15.1 Å². The number of amides is 2. The zero-order chi connectivity index (χ0) is 26.7. The molecular formula is C25H35F4N3O4. The summed E-state index contributed by atoms with van der Waals surface area (Å²) in [4.78, 5) is 28.3. The molecule has 0 aliphatic carbocycles. The van der Waals surface area contributed by atoms with E-state index >= 15 is 0 Å². The number of hydrogen-bond acceptors (Lipinski definition) is 5. The molecule has 0 unspecified atom stereocenters. The normalized spacial score (nSPS) is 19.7. The Bertz CT molecular complexity index is 932. The van der Waals surface area contributed by atoms with E-state index in [1.165, 1.54) is 0 Å². The second-order valence-electron chi connectivity index (χ2n) is 10.8. The van der Waals surface area contributed by atoms with Crippen LogP contribution in [0, 0.1) is 11.7 Å². The van der Waals surface area contributed by atoms with Crippen LogP contribution >= 0.6 is 0 Å². The monoisotopic (exact) mass is 517 g/mol. The molecule has 2 saturated heterocycles. The van der Waals surface area contributed by atoms with Gasteiger partial charge in [0.1, 0.15) is 11.4 Å². The highest BCUT2D eigenvalue weighted by Gasteiger charge is 2.37. The Morgan fingerprint density at radius 3 is 2.25 bits per heavy atom. The van der Waals surface area contributed by atoms with Crippen LogP contribution in [0.1, 0.15) is 62.4 Å². The number of carbonyl (C=O) groups is 2. The van der Waals surface area contributed by atoms with Crippen molar-refractivity contribution in [3.8, 4) is 0 Å². The van der Waals surface area contributed by atoms with E-state index in [0.717, 1.165) is 18.9 Å². The predicted molar refractivity (Wildman–Crippen MR) is 125 cm³/mol. The van der Waals surface area contributed by atoms with Gasteiger partial charge >= 0.3 is 12.3 Å². The van der Waals surface area contributed by atoms with Gasteiger partial charge in [0.15, 0.2) is 0 Å². The van der Waals surface area contributed by atoms with Gasteiger partial charge in [-0.25, -0.2) is 9.18 Å². The quantitative estimate of drug-likeness (QED) is 0.576. The summed E-state index contributed by atoms with van der Waals surface area (Å²) in [6, 6.07) is 1.81. The number of nitrogens with zero attached hydrogens (tertiary/aromatic N) is 2. The largest absolute Gasteiger partial charge is 0.444 e. The van der Waals surface area contributed by atoms with Gasteiger partial charge in [0.25, 0.3) is 5.91 Å². The Balaban J connectivity index is 1.42. The topological polar surface area (TPSA) is 82.1 Å². The van der Waals surface area contributed by atoms with Crippen LogP contribution in [0.2, 0.25) is 0 Å². The van der Waals surface area contributed by atoms with E-state index in [-0.39, 0.29) is 24.1 Å². The number of carbonyl (C=O) groups excluding carboxylic acids is 2. The lowest BCUT2D eigenvalue weighted by atomic mass is 9.89. The van der Waals surface area contributed by atoms with Crippen molar-refractivity contribution in [2.75, 3.05) is 39.3 Å². The lowest BCUT2D eigenvalue weighted by molar-refractivity contribution is -0.137. The second kappa shape index (κ2) is 10.9. The second-order valence-corrected chi connectivity index (χ2v) is 10.8. The summed E-state index contributed by atoms with van der Waals surface area (Å²) in [6.07, 6.45) is -2.71. The molecule has 2 heterocycles. The first-order valence-corrected chi connectivity index (χ1v) is 12.2. The maximum absolute atomic E-state index is 13.6. The maximum atomic E-state index is 13.6. The molecule has 1 aromatic rings. The van der Waals surface area contributed by atoms with E-state index in [9.17, 15) is 32.3 Å². The Labute approximate surface area is 208 Å². The van der Waals surface area contributed by atoms with E-state index in [0.29, 0.717) is 57.7 Å². The van der Waals surface area contributed by atoms with Crippen molar-refractivity contribution in [2.24, 2.45) is 5.92 Å². The van der Waals surface area contributed by atoms with E-state index in [1.54, 1.807) is 4.90 Å². The molecule has 2 aliphatic rings. The third-order valence-corrected chi connectivity index (χ3v) is 6.61. The molecule has 0 atom stereocenters. The fourth-order valence-electron chi connectivity index (χ4n) is 4.58. The molecule has 0 saturated carbocycles. The van der Waals surface area contributed by atoms with E-state index in [4.69, 9.17) is 4.74 Å². The number of halogens is 4.